The number of fused-ring (bicyclic) bond motifs is 1. The molecule has 0 aromatic carbocycles. The van der Waals surface area contributed by atoms with Crippen molar-refractivity contribution in [3.8, 4) is 0 Å². The maximum absolute atomic E-state index is 10.6. The second-order valence-corrected chi connectivity index (χ2v) is 3.61. The number of rotatable bonds is 1. The maximum atomic E-state index is 10.6. The predicted molar refractivity (Wildman–Crippen MR) is 46.1 cm³/mol. The summed E-state index contributed by atoms with van der Waals surface area (Å²) in [5.74, 6) is -0.947. The first-order chi connectivity index (χ1) is 6.18. The highest BCUT2D eigenvalue weighted by Crippen LogP contribution is 2.21. The van der Waals surface area contributed by atoms with Gasteiger partial charge in [0.1, 0.15) is 0 Å². The van der Waals surface area contributed by atoms with Crippen molar-refractivity contribution < 1.29 is 14.6 Å². The van der Waals surface area contributed by atoms with Crippen molar-refractivity contribution in [3.63, 3.8) is 0 Å². The number of carboxylic acids is 1. The smallest absolute Gasteiger partial charge is 0.334 e. The topological polar surface area (TPSA) is 64.3 Å². The van der Waals surface area contributed by atoms with Crippen LogP contribution >= 0.6 is 15.9 Å². The fourth-order valence-corrected chi connectivity index (χ4v) is 1.64. The van der Waals surface area contributed by atoms with Crippen LogP contribution < -0.4 is 0 Å². The zero-order valence-electron chi connectivity index (χ0n) is 6.61. The van der Waals surface area contributed by atoms with Gasteiger partial charge in [0.15, 0.2) is 6.10 Å². The average Bonchev–Trinajstić information content (AvgIpc) is 2.47. The normalized spacial score (nSPS) is 21.2. The van der Waals surface area contributed by atoms with Crippen LogP contribution in [0.5, 0.6) is 0 Å². The molecule has 6 heteroatoms. The first-order valence-electron chi connectivity index (χ1n) is 3.73. The van der Waals surface area contributed by atoms with Gasteiger partial charge in [-0.2, -0.15) is 5.10 Å². The number of aromatic nitrogens is 2. The third-order valence-electron chi connectivity index (χ3n) is 1.93. The molecule has 0 fully saturated rings. The van der Waals surface area contributed by atoms with Crippen molar-refractivity contribution in [3.05, 3.63) is 16.4 Å². The summed E-state index contributed by atoms with van der Waals surface area (Å²) in [4.78, 5) is 10.6. The Kier molecular flexibility index (Phi) is 2.09. The van der Waals surface area contributed by atoms with Crippen LogP contribution in [0.25, 0.3) is 0 Å². The van der Waals surface area contributed by atoms with Gasteiger partial charge in [0.2, 0.25) is 0 Å². The Balaban J connectivity index is 2.25. The summed E-state index contributed by atoms with van der Waals surface area (Å²) in [6.07, 6.45) is 0.863. The van der Waals surface area contributed by atoms with Gasteiger partial charge in [-0.05, 0) is 15.9 Å². The molecule has 1 aliphatic heterocycles. The Hall–Kier alpha value is -0.880. The van der Waals surface area contributed by atoms with Gasteiger partial charge < -0.3 is 9.84 Å². The minimum atomic E-state index is -0.947. The van der Waals surface area contributed by atoms with Gasteiger partial charge in [0.05, 0.1) is 29.5 Å². The van der Waals surface area contributed by atoms with Crippen LogP contribution in [0.15, 0.2) is 10.7 Å². The number of ether oxygens (including phenoxy) is 1. The number of nitrogens with zero attached hydrogens (tertiary/aromatic N) is 2. The number of carbonyl (C=O) groups is 1. The highest BCUT2D eigenvalue weighted by molar-refractivity contribution is 9.10. The number of hydrogen-bond acceptors (Lipinski definition) is 3. The lowest BCUT2D eigenvalue weighted by molar-refractivity contribution is -0.154. The van der Waals surface area contributed by atoms with Gasteiger partial charge in [-0.1, -0.05) is 0 Å². The third-order valence-corrected chi connectivity index (χ3v) is 2.60. The monoisotopic (exact) mass is 246 g/mol. The Morgan fingerprint density at radius 3 is 3.31 bits per heavy atom. The molecule has 70 valence electrons. The first-order valence-corrected chi connectivity index (χ1v) is 4.52. The first kappa shape index (κ1) is 8.71. The van der Waals surface area contributed by atoms with Crippen molar-refractivity contribution in [1.29, 1.82) is 0 Å². The zero-order chi connectivity index (χ0) is 9.42. The molecule has 0 spiro atoms. The second-order valence-electron chi connectivity index (χ2n) is 2.76. The molecule has 1 N–H and O–H groups in total. The van der Waals surface area contributed by atoms with E-state index in [1.54, 1.807) is 10.9 Å². The van der Waals surface area contributed by atoms with Crippen molar-refractivity contribution in [1.82, 2.24) is 9.78 Å². The minimum absolute atomic E-state index is 0.274. The highest BCUT2D eigenvalue weighted by atomic mass is 79.9. The molecule has 1 unspecified atom stereocenters. The Morgan fingerprint density at radius 2 is 2.62 bits per heavy atom. The van der Waals surface area contributed by atoms with E-state index < -0.39 is 12.1 Å². The van der Waals surface area contributed by atoms with E-state index in [1.165, 1.54) is 0 Å². The summed E-state index contributed by atoms with van der Waals surface area (Å²) in [5.41, 5.74) is 0.887. The van der Waals surface area contributed by atoms with Crippen LogP contribution in [0.4, 0.5) is 0 Å². The number of halogens is 1. The van der Waals surface area contributed by atoms with E-state index in [1.807, 2.05) is 0 Å². The molecule has 1 atom stereocenters. The van der Waals surface area contributed by atoms with Crippen LogP contribution in [0.1, 0.15) is 5.69 Å². The van der Waals surface area contributed by atoms with E-state index in [9.17, 15) is 4.79 Å². The largest absolute Gasteiger partial charge is 0.479 e. The van der Waals surface area contributed by atoms with Gasteiger partial charge in [-0.25, -0.2) is 4.79 Å². The molecule has 1 aliphatic rings. The van der Waals surface area contributed by atoms with E-state index >= 15 is 0 Å². The molecule has 1 aromatic rings. The lowest BCUT2D eigenvalue weighted by Crippen LogP contribution is -2.34. The van der Waals surface area contributed by atoms with Crippen molar-refractivity contribution in [2.45, 2.75) is 19.3 Å². The van der Waals surface area contributed by atoms with E-state index in [0.29, 0.717) is 0 Å². The van der Waals surface area contributed by atoms with Crippen LogP contribution in [-0.2, 0) is 22.7 Å². The molecule has 5 nitrogen and oxygen atoms in total. The summed E-state index contributed by atoms with van der Waals surface area (Å²) < 4.78 is 7.62. The molecule has 0 radical (unpaired) electrons. The molecular formula is C7H7BrN2O3. The van der Waals surface area contributed by atoms with E-state index in [2.05, 4.69) is 21.0 Å². The SMILES string of the molecule is O=C(O)C1Cn2ncc(Br)c2CO1. The molecular weight excluding hydrogens is 240 g/mol. The van der Waals surface area contributed by atoms with Gasteiger partial charge in [0.25, 0.3) is 0 Å². The van der Waals surface area contributed by atoms with E-state index in [4.69, 9.17) is 9.84 Å². The molecule has 2 heterocycles. The molecule has 0 saturated carbocycles. The molecule has 0 bridgehead atoms. The summed E-state index contributed by atoms with van der Waals surface area (Å²) in [6.45, 7) is 0.563. The fourth-order valence-electron chi connectivity index (χ4n) is 1.23. The molecule has 0 saturated heterocycles. The second kappa shape index (κ2) is 3.12. The lowest BCUT2D eigenvalue weighted by atomic mass is 10.3. The molecule has 2 rings (SSSR count). The summed E-state index contributed by atoms with van der Waals surface area (Å²) in [6, 6.07) is 0. The Bertz CT molecular complexity index is 350. The van der Waals surface area contributed by atoms with E-state index in [0.717, 1.165) is 10.2 Å². The molecule has 0 aliphatic carbocycles. The van der Waals surface area contributed by atoms with Crippen LogP contribution in [-0.4, -0.2) is 27.0 Å². The van der Waals surface area contributed by atoms with Gasteiger partial charge >= 0.3 is 5.97 Å². The predicted octanol–water partition coefficient (Wildman–Crippen LogP) is 0.629. The standard InChI is InChI=1S/C7H7BrN2O3/c8-4-1-9-10-2-6(7(11)12)13-3-5(4)10/h1,6H,2-3H2,(H,11,12). The van der Waals surface area contributed by atoms with Crippen LogP contribution in [0.3, 0.4) is 0 Å². The highest BCUT2D eigenvalue weighted by Gasteiger charge is 2.26. The average molecular weight is 247 g/mol. The van der Waals surface area contributed by atoms with Gasteiger partial charge in [-0.3, -0.25) is 4.68 Å². The summed E-state index contributed by atoms with van der Waals surface area (Å²) in [5, 5.41) is 12.7. The molecule has 1 aromatic heterocycles. The van der Waals surface area contributed by atoms with Gasteiger partial charge in [-0.15, -0.1) is 0 Å². The Morgan fingerprint density at radius 1 is 1.85 bits per heavy atom. The Labute approximate surface area is 82.4 Å². The quantitative estimate of drug-likeness (QED) is 0.790. The third kappa shape index (κ3) is 1.47. The molecule has 0 amide bonds. The maximum Gasteiger partial charge on any atom is 0.334 e. The number of hydrogen-bond donors (Lipinski definition) is 1. The summed E-state index contributed by atoms with van der Waals surface area (Å²) >= 11 is 3.30. The molecule has 13 heavy (non-hydrogen) atoms. The number of carboxylic acid groups (broad SMARTS) is 1. The van der Waals surface area contributed by atoms with Gasteiger partial charge in [0, 0.05) is 0 Å². The van der Waals surface area contributed by atoms with Crippen molar-refractivity contribution >= 4 is 21.9 Å². The number of aliphatic carboxylic acids is 1. The van der Waals surface area contributed by atoms with E-state index in [-0.39, 0.29) is 13.2 Å². The summed E-state index contributed by atoms with van der Waals surface area (Å²) in [7, 11) is 0. The fraction of sp³-hybridized carbons (Fsp3) is 0.429. The lowest BCUT2D eigenvalue weighted by Gasteiger charge is -2.20. The van der Waals surface area contributed by atoms with Crippen molar-refractivity contribution in [2.24, 2.45) is 0 Å². The minimum Gasteiger partial charge on any atom is -0.479 e. The van der Waals surface area contributed by atoms with Crippen LogP contribution in [0.2, 0.25) is 0 Å². The van der Waals surface area contributed by atoms with Crippen LogP contribution in [0, 0.1) is 0 Å². The zero-order valence-corrected chi connectivity index (χ0v) is 8.19. The van der Waals surface area contributed by atoms with Crippen molar-refractivity contribution in [2.75, 3.05) is 0 Å².